The van der Waals surface area contributed by atoms with Crippen LogP contribution in [0.3, 0.4) is 0 Å². The van der Waals surface area contributed by atoms with E-state index < -0.39 is 29.9 Å². The molecule has 0 bridgehead atoms. The fourth-order valence-corrected chi connectivity index (χ4v) is 3.21. The van der Waals surface area contributed by atoms with Gasteiger partial charge in [-0.1, -0.05) is 19.3 Å². The van der Waals surface area contributed by atoms with Gasteiger partial charge in [-0.15, -0.1) is 0 Å². The minimum atomic E-state index is -0.880. The lowest BCUT2D eigenvalue weighted by molar-refractivity contribution is -0.148. The molecule has 0 radical (unpaired) electrons. The quantitative estimate of drug-likeness (QED) is 0.698. The molecule has 1 saturated carbocycles. The molecular weight excluding hydrogens is 366 g/mol. The van der Waals surface area contributed by atoms with Crippen LogP contribution in [-0.2, 0) is 14.3 Å². The van der Waals surface area contributed by atoms with Gasteiger partial charge in [0.05, 0.1) is 6.07 Å². The van der Waals surface area contributed by atoms with Crippen molar-refractivity contribution in [2.45, 2.75) is 37.6 Å². The Morgan fingerprint density at radius 3 is 2.64 bits per heavy atom. The second-order valence-electron chi connectivity index (χ2n) is 6.71. The number of benzene rings is 1. The third-order valence-corrected chi connectivity index (χ3v) is 4.69. The van der Waals surface area contributed by atoms with Gasteiger partial charge in [0.2, 0.25) is 6.79 Å². The number of carbonyl (C=O) groups excluding carboxylic acids is 3. The highest BCUT2D eigenvalue weighted by atomic mass is 16.7. The summed E-state index contributed by atoms with van der Waals surface area (Å²) in [6, 6.07) is 6.84. The Morgan fingerprint density at radius 1 is 1.14 bits per heavy atom. The minimum absolute atomic E-state index is 0.0991. The molecule has 1 aliphatic carbocycles. The number of nitriles is 1. The molecule has 1 aliphatic heterocycles. The fourth-order valence-electron chi connectivity index (χ4n) is 3.21. The molecule has 9 heteroatoms. The monoisotopic (exact) mass is 387 g/mol. The van der Waals surface area contributed by atoms with E-state index in [1.807, 2.05) is 0 Å². The maximum absolute atomic E-state index is 12.1. The maximum atomic E-state index is 12.1. The van der Waals surface area contributed by atoms with E-state index in [4.69, 9.17) is 14.2 Å². The second kappa shape index (κ2) is 8.61. The minimum Gasteiger partial charge on any atom is -0.454 e. The fraction of sp³-hybridized carbons (Fsp3) is 0.474. The third kappa shape index (κ3) is 4.71. The first kappa shape index (κ1) is 19.5. The number of esters is 1. The highest BCUT2D eigenvalue weighted by Crippen LogP contribution is 2.32. The molecule has 148 valence electrons. The topological polar surface area (TPSA) is 127 Å². The van der Waals surface area contributed by atoms with Crippen LogP contribution in [0.25, 0.3) is 0 Å². The second-order valence-corrected chi connectivity index (χ2v) is 6.71. The van der Waals surface area contributed by atoms with Crippen LogP contribution in [-0.4, -0.2) is 43.3 Å². The van der Waals surface area contributed by atoms with E-state index in [0.717, 1.165) is 19.3 Å². The number of carbonyl (C=O) groups is 3. The van der Waals surface area contributed by atoms with E-state index in [2.05, 4.69) is 16.7 Å². The summed E-state index contributed by atoms with van der Waals surface area (Å²) in [5.41, 5.74) is -0.571. The number of fused-ring (bicyclic) bond motifs is 1. The average Bonchev–Trinajstić information content (AvgIpc) is 3.19. The summed E-state index contributed by atoms with van der Waals surface area (Å²) in [5.74, 6) is -0.751. The third-order valence-electron chi connectivity index (χ3n) is 4.69. The van der Waals surface area contributed by atoms with Crippen molar-refractivity contribution in [2.24, 2.45) is 0 Å². The summed E-state index contributed by atoms with van der Waals surface area (Å²) in [5, 5.41) is 14.4. The van der Waals surface area contributed by atoms with Crippen molar-refractivity contribution < 1.29 is 28.6 Å². The van der Waals surface area contributed by atoms with Crippen LogP contribution in [0.15, 0.2) is 18.2 Å². The van der Waals surface area contributed by atoms with Crippen LogP contribution in [0.5, 0.6) is 11.5 Å². The first-order valence-electron chi connectivity index (χ1n) is 9.07. The maximum Gasteiger partial charge on any atom is 0.325 e. The van der Waals surface area contributed by atoms with Gasteiger partial charge in [-0.3, -0.25) is 14.4 Å². The van der Waals surface area contributed by atoms with Crippen molar-refractivity contribution in [3.05, 3.63) is 23.8 Å². The van der Waals surface area contributed by atoms with E-state index in [0.29, 0.717) is 29.9 Å². The Labute approximate surface area is 161 Å². The first-order valence-corrected chi connectivity index (χ1v) is 9.07. The number of ether oxygens (including phenoxy) is 3. The van der Waals surface area contributed by atoms with Gasteiger partial charge >= 0.3 is 5.97 Å². The van der Waals surface area contributed by atoms with Crippen molar-refractivity contribution in [2.75, 3.05) is 19.9 Å². The zero-order valence-corrected chi connectivity index (χ0v) is 15.3. The van der Waals surface area contributed by atoms with E-state index in [1.165, 1.54) is 6.07 Å². The van der Waals surface area contributed by atoms with Gasteiger partial charge in [0, 0.05) is 5.56 Å². The average molecular weight is 387 g/mol. The molecule has 9 nitrogen and oxygen atoms in total. The van der Waals surface area contributed by atoms with E-state index in [-0.39, 0.29) is 13.3 Å². The Morgan fingerprint density at radius 2 is 1.89 bits per heavy atom. The molecule has 28 heavy (non-hydrogen) atoms. The lowest BCUT2D eigenvalue weighted by Crippen LogP contribution is -2.50. The van der Waals surface area contributed by atoms with Crippen LogP contribution >= 0.6 is 0 Å². The van der Waals surface area contributed by atoms with Gasteiger partial charge < -0.3 is 24.8 Å². The molecule has 1 aromatic carbocycles. The van der Waals surface area contributed by atoms with Gasteiger partial charge in [0.15, 0.2) is 18.1 Å². The number of amides is 2. The summed E-state index contributed by atoms with van der Waals surface area (Å²) < 4.78 is 15.2. The smallest absolute Gasteiger partial charge is 0.325 e. The molecule has 0 spiro atoms. The molecule has 1 aromatic rings. The van der Waals surface area contributed by atoms with Crippen LogP contribution in [0, 0.1) is 11.3 Å². The van der Waals surface area contributed by atoms with E-state index in [9.17, 15) is 19.6 Å². The normalized spacial score (nSPS) is 16.5. The molecule has 0 unspecified atom stereocenters. The molecule has 2 aliphatic rings. The molecule has 2 N–H and O–H groups in total. The Balaban J connectivity index is 1.41. The molecule has 2 amide bonds. The van der Waals surface area contributed by atoms with Crippen LogP contribution in [0.4, 0.5) is 0 Å². The lowest BCUT2D eigenvalue weighted by atomic mass is 9.83. The van der Waals surface area contributed by atoms with Gasteiger partial charge in [0.1, 0.15) is 12.1 Å². The van der Waals surface area contributed by atoms with E-state index >= 15 is 0 Å². The molecule has 0 aromatic heterocycles. The van der Waals surface area contributed by atoms with Gasteiger partial charge in [-0.2, -0.15) is 5.26 Å². The van der Waals surface area contributed by atoms with Crippen LogP contribution in [0.2, 0.25) is 0 Å². The van der Waals surface area contributed by atoms with Crippen molar-refractivity contribution >= 4 is 17.8 Å². The lowest BCUT2D eigenvalue weighted by Gasteiger charge is -2.31. The highest BCUT2D eigenvalue weighted by Gasteiger charge is 2.33. The standard InChI is InChI=1S/C19H21N3O6/c20-11-19(6-2-1-3-7-19)22-16(23)10-26-17(24)9-21-18(25)13-4-5-14-15(8-13)28-12-27-14/h4-5,8H,1-3,6-7,9-10,12H2,(H,21,25)(H,22,23). The van der Waals surface area contributed by atoms with Crippen molar-refractivity contribution in [3.63, 3.8) is 0 Å². The molecule has 3 rings (SSSR count). The molecular formula is C19H21N3O6. The number of nitrogens with one attached hydrogen (secondary N) is 2. The first-order chi connectivity index (χ1) is 13.5. The highest BCUT2D eigenvalue weighted by molar-refractivity contribution is 5.96. The van der Waals surface area contributed by atoms with Crippen molar-refractivity contribution in [1.82, 2.24) is 10.6 Å². The van der Waals surface area contributed by atoms with Gasteiger partial charge in [0.25, 0.3) is 11.8 Å². The molecule has 0 saturated heterocycles. The number of hydrogen-bond donors (Lipinski definition) is 2. The summed E-state index contributed by atoms with van der Waals surface area (Å²) in [6.07, 6.45) is 3.97. The van der Waals surface area contributed by atoms with Crippen LogP contribution < -0.4 is 20.1 Å². The predicted molar refractivity (Wildman–Crippen MR) is 95.4 cm³/mol. The number of hydrogen-bond acceptors (Lipinski definition) is 7. The van der Waals surface area contributed by atoms with Gasteiger partial charge in [-0.25, -0.2) is 0 Å². The Bertz CT molecular complexity index is 810. The van der Waals surface area contributed by atoms with E-state index in [1.54, 1.807) is 12.1 Å². The van der Waals surface area contributed by atoms with Crippen molar-refractivity contribution in [3.8, 4) is 17.6 Å². The van der Waals surface area contributed by atoms with Crippen molar-refractivity contribution in [1.29, 1.82) is 5.26 Å². The summed E-state index contributed by atoms with van der Waals surface area (Å²) in [7, 11) is 0. The molecule has 0 atom stereocenters. The molecule has 1 fully saturated rings. The largest absolute Gasteiger partial charge is 0.454 e. The summed E-state index contributed by atoms with van der Waals surface area (Å²) >= 11 is 0. The number of nitrogens with zero attached hydrogens (tertiary/aromatic N) is 1. The van der Waals surface area contributed by atoms with Crippen LogP contribution in [0.1, 0.15) is 42.5 Å². The SMILES string of the molecule is N#CC1(NC(=O)COC(=O)CNC(=O)c2ccc3c(c2)OCO3)CCCCC1. The predicted octanol–water partition coefficient (Wildman–Crippen LogP) is 1.03. The summed E-state index contributed by atoms with van der Waals surface area (Å²) in [4.78, 5) is 35.9. The zero-order chi connectivity index (χ0) is 20.0. The molecule has 1 heterocycles. The number of rotatable bonds is 6. The summed E-state index contributed by atoms with van der Waals surface area (Å²) in [6.45, 7) is -0.784. The Kier molecular flexibility index (Phi) is 5.99. The van der Waals surface area contributed by atoms with Gasteiger partial charge in [-0.05, 0) is 31.0 Å². The Hall–Kier alpha value is -3.28. The zero-order valence-electron chi connectivity index (χ0n) is 15.3.